The van der Waals surface area contributed by atoms with Crippen LogP contribution >= 0.6 is 11.3 Å². The molecule has 0 unspecified atom stereocenters. The number of amides is 1. The number of carbonyl (C=O) groups is 2. The molecule has 29 heavy (non-hydrogen) atoms. The lowest BCUT2D eigenvalue weighted by Gasteiger charge is -2.11. The highest BCUT2D eigenvalue weighted by Gasteiger charge is 2.23. The number of carbonyl (C=O) groups excluding carboxylic acids is 2. The molecule has 1 amide bonds. The highest BCUT2D eigenvalue weighted by Crippen LogP contribution is 2.37. The Hall–Kier alpha value is -2.98. The summed E-state index contributed by atoms with van der Waals surface area (Å²) >= 11 is 1.42. The number of hydrogen-bond donors (Lipinski definition) is 1. The van der Waals surface area contributed by atoms with Gasteiger partial charge in [0.2, 0.25) is 0 Å². The molecular formula is C22H21FN2O3S. The number of nitriles is 1. The number of hydrogen-bond acceptors (Lipinski definition) is 5. The van der Waals surface area contributed by atoms with Crippen molar-refractivity contribution in [3.63, 3.8) is 0 Å². The van der Waals surface area contributed by atoms with Gasteiger partial charge in [0.05, 0.1) is 5.56 Å². The van der Waals surface area contributed by atoms with Crippen molar-refractivity contribution in [3.8, 4) is 6.07 Å². The van der Waals surface area contributed by atoms with Crippen LogP contribution in [0.4, 0.5) is 9.39 Å². The summed E-state index contributed by atoms with van der Waals surface area (Å²) in [5.74, 6) is -1.72. The number of fused-ring (bicyclic) bond motifs is 1. The van der Waals surface area contributed by atoms with Crippen LogP contribution in [0.25, 0.3) is 6.08 Å². The second kappa shape index (κ2) is 9.48. The highest BCUT2D eigenvalue weighted by molar-refractivity contribution is 7.16. The molecule has 0 spiro atoms. The van der Waals surface area contributed by atoms with Crippen molar-refractivity contribution in [1.82, 2.24) is 0 Å². The summed E-state index contributed by atoms with van der Waals surface area (Å²) in [6, 6.07) is 8.22. The van der Waals surface area contributed by atoms with E-state index in [0.717, 1.165) is 48.6 Å². The Morgan fingerprint density at radius 1 is 1.28 bits per heavy atom. The molecule has 0 radical (unpaired) electrons. The van der Waals surface area contributed by atoms with E-state index in [1.807, 2.05) is 0 Å². The van der Waals surface area contributed by atoms with Gasteiger partial charge in [0.1, 0.15) is 16.9 Å². The number of esters is 1. The van der Waals surface area contributed by atoms with Gasteiger partial charge < -0.3 is 10.1 Å². The maximum atomic E-state index is 13.6. The van der Waals surface area contributed by atoms with Crippen LogP contribution in [0.1, 0.15) is 47.8 Å². The number of nitrogens with one attached hydrogen (secondary N) is 1. The van der Waals surface area contributed by atoms with Crippen LogP contribution in [0.5, 0.6) is 0 Å². The standard InChI is InChI=1S/C22H21FN2O3S/c1-14(28-20(26)12-11-15-7-5-6-9-18(15)23)21(27)25-22-17(13-24)16-8-3-2-4-10-19(16)29-22/h5-7,9,11-12,14H,2-4,8,10H2,1H3,(H,25,27)/b12-11+/t14-/m0/s1. The monoisotopic (exact) mass is 412 g/mol. The maximum Gasteiger partial charge on any atom is 0.331 e. The predicted molar refractivity (Wildman–Crippen MR) is 110 cm³/mol. The van der Waals surface area contributed by atoms with Crippen molar-refractivity contribution >= 4 is 34.3 Å². The predicted octanol–water partition coefficient (Wildman–Crippen LogP) is 4.61. The van der Waals surface area contributed by atoms with Gasteiger partial charge in [0.25, 0.3) is 5.91 Å². The number of halogens is 1. The van der Waals surface area contributed by atoms with E-state index in [-0.39, 0.29) is 5.56 Å². The first kappa shape index (κ1) is 20.7. The molecule has 0 saturated heterocycles. The van der Waals surface area contributed by atoms with E-state index in [2.05, 4.69) is 11.4 Å². The molecule has 150 valence electrons. The van der Waals surface area contributed by atoms with Crippen molar-refractivity contribution in [2.75, 3.05) is 5.32 Å². The first-order chi connectivity index (χ1) is 14.0. The fraction of sp³-hybridized carbons (Fsp3) is 0.318. The van der Waals surface area contributed by atoms with E-state index >= 15 is 0 Å². The van der Waals surface area contributed by atoms with Gasteiger partial charge in [-0.3, -0.25) is 4.79 Å². The third-order valence-corrected chi connectivity index (χ3v) is 5.94. The normalized spacial score (nSPS) is 14.5. The van der Waals surface area contributed by atoms with E-state index in [9.17, 15) is 19.2 Å². The third-order valence-electron chi connectivity index (χ3n) is 4.74. The largest absolute Gasteiger partial charge is 0.449 e. The van der Waals surface area contributed by atoms with Gasteiger partial charge in [-0.2, -0.15) is 5.26 Å². The first-order valence-corrected chi connectivity index (χ1v) is 10.3. The molecule has 2 aromatic rings. The smallest absolute Gasteiger partial charge is 0.331 e. The number of anilines is 1. The molecule has 0 fully saturated rings. The Bertz CT molecular complexity index is 990. The second-order valence-electron chi connectivity index (χ2n) is 6.80. The first-order valence-electron chi connectivity index (χ1n) is 9.48. The molecule has 1 aliphatic rings. The van der Waals surface area contributed by atoms with Gasteiger partial charge in [-0.25, -0.2) is 9.18 Å². The molecule has 1 aromatic carbocycles. The summed E-state index contributed by atoms with van der Waals surface area (Å²) in [5, 5.41) is 12.8. The fourth-order valence-corrected chi connectivity index (χ4v) is 4.44. The molecule has 3 rings (SSSR count). The average molecular weight is 412 g/mol. The van der Waals surface area contributed by atoms with Crippen molar-refractivity contribution in [1.29, 1.82) is 5.26 Å². The lowest BCUT2D eigenvalue weighted by Crippen LogP contribution is -2.29. The molecule has 7 heteroatoms. The van der Waals surface area contributed by atoms with Crippen molar-refractivity contribution < 1.29 is 18.7 Å². The molecule has 0 bridgehead atoms. The fourth-order valence-electron chi connectivity index (χ4n) is 3.20. The minimum atomic E-state index is -1.05. The Balaban J connectivity index is 1.63. The molecule has 5 nitrogen and oxygen atoms in total. The van der Waals surface area contributed by atoms with Gasteiger partial charge in [-0.05, 0) is 50.3 Å². The summed E-state index contributed by atoms with van der Waals surface area (Å²) in [4.78, 5) is 25.5. The summed E-state index contributed by atoms with van der Waals surface area (Å²) in [5.41, 5.74) is 1.79. The summed E-state index contributed by atoms with van der Waals surface area (Å²) in [6.45, 7) is 1.45. The molecule has 0 aliphatic heterocycles. The molecule has 1 atom stereocenters. The number of rotatable bonds is 5. The zero-order valence-corrected chi connectivity index (χ0v) is 16.9. The van der Waals surface area contributed by atoms with Gasteiger partial charge >= 0.3 is 5.97 Å². The van der Waals surface area contributed by atoms with Crippen molar-refractivity contribution in [2.24, 2.45) is 0 Å². The Morgan fingerprint density at radius 3 is 2.79 bits per heavy atom. The van der Waals surface area contributed by atoms with Gasteiger partial charge in [0, 0.05) is 16.5 Å². The lowest BCUT2D eigenvalue weighted by molar-refractivity contribution is -0.148. The molecule has 1 aromatic heterocycles. The van der Waals surface area contributed by atoms with Crippen LogP contribution in [-0.2, 0) is 27.2 Å². The van der Waals surface area contributed by atoms with Crippen molar-refractivity contribution in [3.05, 3.63) is 57.7 Å². The minimum absolute atomic E-state index is 0.250. The lowest BCUT2D eigenvalue weighted by atomic mass is 10.1. The second-order valence-corrected chi connectivity index (χ2v) is 7.91. The van der Waals surface area contributed by atoms with Gasteiger partial charge in [-0.15, -0.1) is 11.3 Å². The summed E-state index contributed by atoms with van der Waals surface area (Å²) < 4.78 is 18.7. The van der Waals surface area contributed by atoms with Gasteiger partial charge in [0.15, 0.2) is 6.10 Å². The molecule has 1 N–H and O–H groups in total. The summed E-state index contributed by atoms with van der Waals surface area (Å²) in [6.07, 6.45) is 6.33. The van der Waals surface area contributed by atoms with Crippen LogP contribution in [0.3, 0.4) is 0 Å². The maximum absolute atomic E-state index is 13.6. The van der Waals surface area contributed by atoms with E-state index in [1.165, 1.54) is 36.5 Å². The zero-order chi connectivity index (χ0) is 20.8. The molecule has 1 heterocycles. The number of aryl methyl sites for hydroxylation is 1. The Labute approximate surface area is 172 Å². The number of thiophene rings is 1. The van der Waals surface area contributed by atoms with E-state index in [4.69, 9.17) is 4.74 Å². The summed E-state index contributed by atoms with van der Waals surface area (Å²) in [7, 11) is 0. The van der Waals surface area contributed by atoms with Crippen LogP contribution in [0, 0.1) is 17.1 Å². The van der Waals surface area contributed by atoms with E-state index in [0.29, 0.717) is 10.6 Å². The molecule has 0 saturated carbocycles. The average Bonchev–Trinajstić information content (AvgIpc) is 2.86. The van der Waals surface area contributed by atoms with Crippen LogP contribution in [0.15, 0.2) is 30.3 Å². The zero-order valence-electron chi connectivity index (χ0n) is 16.0. The Morgan fingerprint density at radius 2 is 2.03 bits per heavy atom. The highest BCUT2D eigenvalue weighted by atomic mass is 32.1. The minimum Gasteiger partial charge on any atom is -0.449 e. The Kier molecular flexibility index (Phi) is 6.78. The van der Waals surface area contributed by atoms with Crippen LogP contribution in [0.2, 0.25) is 0 Å². The van der Waals surface area contributed by atoms with Crippen molar-refractivity contribution in [2.45, 2.75) is 45.1 Å². The number of ether oxygens (including phenoxy) is 1. The third kappa shape index (κ3) is 5.09. The quantitative estimate of drug-likeness (QED) is 0.442. The van der Waals surface area contributed by atoms with Crippen LogP contribution < -0.4 is 5.32 Å². The number of nitrogens with zero attached hydrogens (tertiary/aromatic N) is 1. The number of benzene rings is 1. The van der Waals surface area contributed by atoms with E-state index in [1.54, 1.807) is 12.1 Å². The topological polar surface area (TPSA) is 79.2 Å². The van der Waals surface area contributed by atoms with Gasteiger partial charge in [-0.1, -0.05) is 24.6 Å². The molecule has 1 aliphatic carbocycles. The molecular weight excluding hydrogens is 391 g/mol. The van der Waals surface area contributed by atoms with Crippen LogP contribution in [-0.4, -0.2) is 18.0 Å². The van der Waals surface area contributed by atoms with E-state index < -0.39 is 23.8 Å². The SMILES string of the molecule is C[C@H](OC(=O)/C=C/c1ccccc1F)C(=O)Nc1sc2c(c1C#N)CCCCC2.